The van der Waals surface area contributed by atoms with E-state index in [-0.39, 0.29) is 30.4 Å². The summed E-state index contributed by atoms with van der Waals surface area (Å²) in [6.07, 6.45) is 5.52. The number of carbonyl (C=O) groups excluding carboxylic acids is 1. The fourth-order valence-electron chi connectivity index (χ4n) is 3.36. The van der Waals surface area contributed by atoms with Crippen molar-refractivity contribution in [2.75, 3.05) is 37.0 Å². The third kappa shape index (κ3) is 9.30. The number of benzene rings is 1. The Morgan fingerprint density at radius 1 is 1.09 bits per heavy atom. The van der Waals surface area contributed by atoms with Crippen LogP contribution in [0.5, 0.6) is 0 Å². The Labute approximate surface area is 196 Å². The van der Waals surface area contributed by atoms with Crippen LogP contribution < -0.4 is 15.8 Å². The zero-order valence-corrected chi connectivity index (χ0v) is 20.6. The maximum atomic E-state index is 12.4. The minimum atomic E-state index is -3.26. The summed E-state index contributed by atoms with van der Waals surface area (Å²) >= 11 is 0. The zero-order chi connectivity index (χ0) is 24.3. The number of carbonyl (C=O) groups is 1. The molecule has 0 aliphatic heterocycles. The van der Waals surface area contributed by atoms with E-state index in [1.165, 1.54) is 12.5 Å². The molecule has 1 heterocycles. The average Bonchev–Trinajstić information content (AvgIpc) is 2.75. The summed E-state index contributed by atoms with van der Waals surface area (Å²) in [6, 6.07) is 6.80. The molecular formula is C25H34N2O5S. The van der Waals surface area contributed by atoms with Crippen LogP contribution >= 0.6 is 0 Å². The molecular weight excluding hydrogens is 440 g/mol. The standard InChI is InChI=1S/C25H34N2O5S/c1-4-5-6-7-8-9-10-15-33(30,31)16-11-14-26-24(28)17-20-18-25(29)32-23-19-21(27(2)3)12-13-22(20)23/h12-13,18-19H,4-8,11,14-17H2,1-3H3,(H,26,28). The molecule has 0 saturated carbocycles. The summed E-state index contributed by atoms with van der Waals surface area (Å²) in [4.78, 5) is 26.2. The first kappa shape index (κ1) is 26.5. The van der Waals surface area contributed by atoms with Crippen molar-refractivity contribution in [3.05, 3.63) is 40.2 Å². The molecule has 1 aromatic heterocycles. The Morgan fingerprint density at radius 3 is 2.61 bits per heavy atom. The predicted molar refractivity (Wildman–Crippen MR) is 133 cm³/mol. The topological polar surface area (TPSA) is 96.7 Å². The van der Waals surface area contributed by atoms with Crippen LogP contribution in [-0.2, 0) is 21.1 Å². The molecule has 2 rings (SSSR count). The molecule has 1 amide bonds. The summed E-state index contributed by atoms with van der Waals surface area (Å²) in [6.45, 7) is 2.39. The second kappa shape index (κ2) is 13.0. The SMILES string of the molecule is CCCCCCC#CCS(=O)(=O)CCCNC(=O)Cc1cc(=O)oc2cc(N(C)C)ccc12. The first-order valence-corrected chi connectivity index (χ1v) is 13.2. The highest BCUT2D eigenvalue weighted by atomic mass is 32.2. The summed E-state index contributed by atoms with van der Waals surface area (Å²) in [5.74, 6) is 5.24. The molecule has 1 N–H and O–H groups in total. The number of fused-ring (bicyclic) bond motifs is 1. The molecule has 8 heteroatoms. The Balaban J connectivity index is 1.82. The molecule has 0 fully saturated rings. The van der Waals surface area contributed by atoms with Crippen LogP contribution in [0.15, 0.2) is 33.5 Å². The van der Waals surface area contributed by atoms with Gasteiger partial charge >= 0.3 is 5.63 Å². The summed E-state index contributed by atoms with van der Waals surface area (Å²) < 4.78 is 29.5. The van der Waals surface area contributed by atoms with Crippen molar-refractivity contribution in [3.8, 4) is 11.8 Å². The fourth-order valence-corrected chi connectivity index (χ4v) is 4.41. The minimum absolute atomic E-state index is 0.0136. The first-order chi connectivity index (χ1) is 15.7. The summed E-state index contributed by atoms with van der Waals surface area (Å²) in [7, 11) is 0.510. The monoisotopic (exact) mass is 474 g/mol. The Kier molecular flexibility index (Phi) is 10.5. The smallest absolute Gasteiger partial charge is 0.336 e. The van der Waals surface area contributed by atoms with Crippen LogP contribution in [0, 0.1) is 11.8 Å². The van der Waals surface area contributed by atoms with Gasteiger partial charge in [0, 0.05) is 50.3 Å². The zero-order valence-electron chi connectivity index (χ0n) is 19.8. The van der Waals surface area contributed by atoms with E-state index in [2.05, 4.69) is 24.1 Å². The van der Waals surface area contributed by atoms with Crippen LogP contribution in [0.25, 0.3) is 11.0 Å². The number of amides is 1. The van der Waals surface area contributed by atoms with Gasteiger partial charge in [-0.1, -0.05) is 32.1 Å². The Morgan fingerprint density at radius 2 is 1.88 bits per heavy atom. The lowest BCUT2D eigenvalue weighted by molar-refractivity contribution is -0.120. The van der Waals surface area contributed by atoms with Crippen molar-refractivity contribution in [3.63, 3.8) is 0 Å². The van der Waals surface area contributed by atoms with Crippen LogP contribution in [-0.4, -0.2) is 46.5 Å². The van der Waals surface area contributed by atoms with E-state index in [0.717, 1.165) is 31.4 Å². The van der Waals surface area contributed by atoms with Crippen molar-refractivity contribution < 1.29 is 17.6 Å². The van der Waals surface area contributed by atoms with Gasteiger partial charge in [-0.2, -0.15) is 0 Å². The van der Waals surface area contributed by atoms with E-state index in [1.807, 2.05) is 31.1 Å². The van der Waals surface area contributed by atoms with E-state index in [4.69, 9.17) is 4.42 Å². The number of hydrogen-bond donors (Lipinski definition) is 1. The van der Waals surface area contributed by atoms with Crippen molar-refractivity contribution >= 4 is 32.4 Å². The minimum Gasteiger partial charge on any atom is -0.423 e. The molecule has 1 aromatic carbocycles. The molecule has 0 aliphatic rings. The van der Waals surface area contributed by atoms with Crippen molar-refractivity contribution in [1.29, 1.82) is 0 Å². The van der Waals surface area contributed by atoms with Gasteiger partial charge in [0.15, 0.2) is 9.84 Å². The van der Waals surface area contributed by atoms with Gasteiger partial charge in [-0.3, -0.25) is 4.79 Å². The maximum Gasteiger partial charge on any atom is 0.336 e. The van der Waals surface area contributed by atoms with Crippen LogP contribution in [0.4, 0.5) is 5.69 Å². The highest BCUT2D eigenvalue weighted by molar-refractivity contribution is 7.91. The van der Waals surface area contributed by atoms with E-state index >= 15 is 0 Å². The maximum absolute atomic E-state index is 12.4. The lowest BCUT2D eigenvalue weighted by atomic mass is 10.1. The van der Waals surface area contributed by atoms with E-state index in [9.17, 15) is 18.0 Å². The molecule has 0 aliphatic carbocycles. The Bertz CT molecular complexity index is 1160. The van der Waals surface area contributed by atoms with Crippen molar-refractivity contribution in [2.24, 2.45) is 0 Å². The first-order valence-electron chi connectivity index (χ1n) is 11.4. The third-order valence-electron chi connectivity index (χ3n) is 5.21. The number of nitrogens with one attached hydrogen (secondary N) is 1. The number of rotatable bonds is 12. The summed E-state index contributed by atoms with van der Waals surface area (Å²) in [5.41, 5.74) is 1.37. The second-order valence-electron chi connectivity index (χ2n) is 8.30. The second-order valence-corrected chi connectivity index (χ2v) is 10.5. The molecule has 180 valence electrons. The van der Waals surface area contributed by atoms with Crippen LogP contribution in [0.3, 0.4) is 0 Å². The lowest BCUT2D eigenvalue weighted by Gasteiger charge is -2.13. The lowest BCUT2D eigenvalue weighted by Crippen LogP contribution is -2.28. The van der Waals surface area contributed by atoms with Gasteiger partial charge in [0.2, 0.25) is 5.91 Å². The molecule has 0 saturated heterocycles. The van der Waals surface area contributed by atoms with Gasteiger partial charge in [0.05, 0.1) is 12.2 Å². The predicted octanol–water partition coefficient (Wildman–Crippen LogP) is 3.30. The Hall–Kier alpha value is -2.79. The highest BCUT2D eigenvalue weighted by Crippen LogP contribution is 2.23. The van der Waals surface area contributed by atoms with Crippen LogP contribution in [0.2, 0.25) is 0 Å². The van der Waals surface area contributed by atoms with Crippen LogP contribution in [0.1, 0.15) is 51.0 Å². The third-order valence-corrected chi connectivity index (χ3v) is 6.70. The molecule has 7 nitrogen and oxygen atoms in total. The molecule has 2 aromatic rings. The van der Waals surface area contributed by atoms with E-state index in [0.29, 0.717) is 23.0 Å². The van der Waals surface area contributed by atoms with E-state index in [1.54, 1.807) is 6.07 Å². The van der Waals surface area contributed by atoms with Gasteiger partial charge < -0.3 is 14.6 Å². The van der Waals surface area contributed by atoms with Gasteiger partial charge in [-0.25, -0.2) is 13.2 Å². The molecule has 0 atom stereocenters. The van der Waals surface area contributed by atoms with Gasteiger partial charge in [0.25, 0.3) is 0 Å². The number of anilines is 1. The molecule has 33 heavy (non-hydrogen) atoms. The molecule has 0 radical (unpaired) electrons. The number of hydrogen-bond acceptors (Lipinski definition) is 6. The van der Waals surface area contributed by atoms with Crippen molar-refractivity contribution in [1.82, 2.24) is 5.32 Å². The fraction of sp³-hybridized carbons (Fsp3) is 0.520. The number of nitrogens with zero attached hydrogens (tertiary/aromatic N) is 1. The van der Waals surface area contributed by atoms with Gasteiger partial charge in [-0.15, -0.1) is 5.92 Å². The quantitative estimate of drug-likeness (QED) is 0.288. The van der Waals surface area contributed by atoms with Gasteiger partial charge in [0.1, 0.15) is 11.3 Å². The highest BCUT2D eigenvalue weighted by Gasteiger charge is 2.12. The normalized spacial score (nSPS) is 11.1. The molecule has 0 unspecified atom stereocenters. The number of sulfone groups is 1. The largest absolute Gasteiger partial charge is 0.423 e. The average molecular weight is 475 g/mol. The molecule has 0 bridgehead atoms. The number of unbranched alkanes of at least 4 members (excludes halogenated alkanes) is 4. The summed E-state index contributed by atoms with van der Waals surface area (Å²) in [5, 5.41) is 3.43. The van der Waals surface area contributed by atoms with E-state index < -0.39 is 15.5 Å². The van der Waals surface area contributed by atoms with Gasteiger partial charge in [-0.05, 0) is 30.5 Å². The van der Waals surface area contributed by atoms with Crippen molar-refractivity contribution in [2.45, 2.75) is 51.9 Å². The molecule has 0 spiro atoms.